The molecule has 0 spiro atoms. The largest absolute Gasteiger partial charge is 0.342 e. The minimum absolute atomic E-state index is 0.0751. The maximum atomic E-state index is 13.5. The van der Waals surface area contributed by atoms with Crippen molar-refractivity contribution in [2.24, 2.45) is 0 Å². The van der Waals surface area contributed by atoms with E-state index < -0.39 is 9.84 Å². The van der Waals surface area contributed by atoms with E-state index in [9.17, 15) is 12.8 Å². The van der Waals surface area contributed by atoms with Gasteiger partial charge in [-0.25, -0.2) is 12.8 Å². The molecule has 4 aromatic rings. The van der Waals surface area contributed by atoms with Crippen LogP contribution in [0.15, 0.2) is 88.4 Å². The van der Waals surface area contributed by atoms with Crippen LogP contribution in [0.25, 0.3) is 10.9 Å². The molecule has 1 aromatic heterocycles. The van der Waals surface area contributed by atoms with E-state index in [2.05, 4.69) is 15.9 Å². The van der Waals surface area contributed by atoms with Crippen LogP contribution in [0.4, 0.5) is 4.39 Å². The normalized spacial score (nSPS) is 11.8. The average Bonchev–Trinajstić information content (AvgIpc) is 3.03. The van der Waals surface area contributed by atoms with Crippen LogP contribution in [0.1, 0.15) is 11.1 Å². The molecule has 1 heterocycles. The molecule has 0 bridgehead atoms. The Bertz CT molecular complexity index is 1250. The van der Waals surface area contributed by atoms with Crippen molar-refractivity contribution in [3.8, 4) is 0 Å². The molecule has 3 nitrogen and oxygen atoms in total. The van der Waals surface area contributed by atoms with Crippen LogP contribution < -0.4 is 0 Å². The molecule has 0 amide bonds. The molecule has 0 aliphatic heterocycles. The van der Waals surface area contributed by atoms with Crippen molar-refractivity contribution in [3.63, 3.8) is 0 Å². The van der Waals surface area contributed by atoms with Crippen LogP contribution in [0.5, 0.6) is 0 Å². The van der Waals surface area contributed by atoms with Crippen molar-refractivity contribution < 1.29 is 12.8 Å². The lowest BCUT2D eigenvalue weighted by Crippen LogP contribution is -2.05. The first-order valence-electron chi connectivity index (χ1n) is 8.72. The van der Waals surface area contributed by atoms with Gasteiger partial charge in [0.15, 0.2) is 9.84 Å². The van der Waals surface area contributed by atoms with E-state index in [1.54, 1.807) is 24.4 Å². The van der Waals surface area contributed by atoms with Gasteiger partial charge in [0.1, 0.15) is 5.82 Å². The Hall–Kier alpha value is -2.44. The molecular formula is C22H17BrFNO2S. The number of sulfone groups is 1. The second-order valence-electron chi connectivity index (χ2n) is 6.65. The molecule has 4 rings (SSSR count). The molecule has 0 fully saturated rings. The third-order valence-corrected chi connectivity index (χ3v) is 6.84. The van der Waals surface area contributed by atoms with Crippen LogP contribution in [0.3, 0.4) is 0 Å². The molecule has 6 heteroatoms. The van der Waals surface area contributed by atoms with Crippen LogP contribution in [0, 0.1) is 5.82 Å². The van der Waals surface area contributed by atoms with E-state index in [0.29, 0.717) is 16.8 Å². The Labute approximate surface area is 171 Å². The summed E-state index contributed by atoms with van der Waals surface area (Å²) in [7, 11) is -3.54. The Morgan fingerprint density at radius 1 is 0.893 bits per heavy atom. The summed E-state index contributed by atoms with van der Waals surface area (Å²) in [4.78, 5) is 0.294. The fourth-order valence-electron chi connectivity index (χ4n) is 3.30. The first-order valence-corrected chi connectivity index (χ1v) is 11.2. The van der Waals surface area contributed by atoms with Crippen LogP contribution in [0.2, 0.25) is 0 Å². The fraction of sp³-hybridized carbons (Fsp3) is 0.0909. The van der Waals surface area contributed by atoms with E-state index in [0.717, 1.165) is 21.1 Å². The van der Waals surface area contributed by atoms with Crippen molar-refractivity contribution in [2.75, 3.05) is 0 Å². The summed E-state index contributed by atoms with van der Waals surface area (Å²) in [6.45, 7) is 0.395. The number of hydrogen-bond acceptors (Lipinski definition) is 2. The zero-order valence-electron chi connectivity index (χ0n) is 14.8. The molecule has 142 valence electrons. The third-order valence-electron chi connectivity index (χ3n) is 4.60. The molecule has 0 aliphatic rings. The number of nitrogens with zero attached hydrogens (tertiary/aromatic N) is 1. The maximum Gasteiger partial charge on any atom is 0.184 e. The number of halogens is 2. The summed E-state index contributed by atoms with van der Waals surface area (Å²) < 4.78 is 42.6. The lowest BCUT2D eigenvalue weighted by molar-refractivity contribution is 0.595. The molecule has 0 saturated carbocycles. The molecular weight excluding hydrogens is 441 g/mol. The second-order valence-corrected chi connectivity index (χ2v) is 9.53. The highest BCUT2D eigenvalue weighted by Crippen LogP contribution is 2.29. The van der Waals surface area contributed by atoms with Crippen LogP contribution in [-0.2, 0) is 22.1 Å². The molecule has 0 aliphatic carbocycles. The van der Waals surface area contributed by atoms with Crippen molar-refractivity contribution in [1.29, 1.82) is 0 Å². The third kappa shape index (κ3) is 3.88. The summed E-state index contributed by atoms with van der Waals surface area (Å²) in [5.41, 5.74) is 2.31. The molecule has 0 atom stereocenters. The monoisotopic (exact) mass is 457 g/mol. The van der Waals surface area contributed by atoms with Gasteiger partial charge in [-0.1, -0.05) is 58.4 Å². The summed E-state index contributed by atoms with van der Waals surface area (Å²) in [6.07, 6.45) is 1.66. The van der Waals surface area contributed by atoms with Crippen molar-refractivity contribution in [3.05, 3.63) is 100 Å². The molecule has 0 N–H and O–H groups in total. The average molecular weight is 458 g/mol. The van der Waals surface area contributed by atoms with Crippen LogP contribution >= 0.6 is 15.9 Å². The number of aromatic nitrogens is 1. The molecule has 0 saturated heterocycles. The predicted octanol–water partition coefficient (Wildman–Crippen LogP) is 5.57. The molecule has 3 aromatic carbocycles. The highest BCUT2D eigenvalue weighted by Gasteiger charge is 2.21. The molecule has 0 unspecified atom stereocenters. The predicted molar refractivity (Wildman–Crippen MR) is 112 cm³/mol. The van der Waals surface area contributed by atoms with Gasteiger partial charge in [0.2, 0.25) is 0 Å². The summed E-state index contributed by atoms with van der Waals surface area (Å²) in [5.74, 6) is -0.383. The molecule has 0 radical (unpaired) electrons. The quantitative estimate of drug-likeness (QED) is 0.393. The molecule has 28 heavy (non-hydrogen) atoms. The van der Waals surface area contributed by atoms with Gasteiger partial charge in [0.25, 0.3) is 0 Å². The number of hydrogen-bond donors (Lipinski definition) is 0. The van der Waals surface area contributed by atoms with E-state index in [-0.39, 0.29) is 11.6 Å². The summed E-state index contributed by atoms with van der Waals surface area (Å²) in [5, 5.41) is 0.677. The Balaban J connectivity index is 1.76. The van der Waals surface area contributed by atoms with E-state index >= 15 is 0 Å². The Morgan fingerprint density at radius 2 is 1.64 bits per heavy atom. The van der Waals surface area contributed by atoms with Gasteiger partial charge in [-0.3, -0.25) is 0 Å². The zero-order valence-corrected chi connectivity index (χ0v) is 17.3. The minimum Gasteiger partial charge on any atom is -0.342 e. The minimum atomic E-state index is -3.54. The van der Waals surface area contributed by atoms with Gasteiger partial charge in [-0.05, 0) is 41.5 Å². The number of para-hydroxylation sites is 1. The van der Waals surface area contributed by atoms with Gasteiger partial charge >= 0.3 is 0 Å². The lowest BCUT2D eigenvalue weighted by atomic mass is 10.2. The van der Waals surface area contributed by atoms with Crippen molar-refractivity contribution in [2.45, 2.75) is 17.2 Å². The van der Waals surface area contributed by atoms with Gasteiger partial charge in [0.05, 0.1) is 10.6 Å². The number of rotatable bonds is 5. The summed E-state index contributed by atoms with van der Waals surface area (Å²) in [6, 6.07) is 21.0. The lowest BCUT2D eigenvalue weighted by Gasteiger charge is -2.05. The topological polar surface area (TPSA) is 39.1 Å². The second kappa shape index (κ2) is 7.53. The highest BCUT2D eigenvalue weighted by molar-refractivity contribution is 9.10. The van der Waals surface area contributed by atoms with Gasteiger partial charge in [-0.15, -0.1) is 0 Å². The highest BCUT2D eigenvalue weighted by atomic mass is 79.9. The SMILES string of the molecule is O=S(=O)(Cc1ccc(Br)cc1)c1cn(Cc2cccc(F)c2)c2ccccc12. The number of fused-ring (bicyclic) bond motifs is 1. The van der Waals surface area contributed by atoms with Gasteiger partial charge in [-0.2, -0.15) is 0 Å². The van der Waals surface area contributed by atoms with Crippen molar-refractivity contribution >= 4 is 36.7 Å². The first kappa shape index (κ1) is 18.9. The maximum absolute atomic E-state index is 13.5. The number of benzene rings is 3. The van der Waals surface area contributed by atoms with E-state index in [1.807, 2.05) is 47.0 Å². The van der Waals surface area contributed by atoms with Gasteiger partial charge < -0.3 is 4.57 Å². The zero-order chi connectivity index (χ0) is 19.7. The van der Waals surface area contributed by atoms with Gasteiger partial charge in [0, 0.05) is 28.1 Å². The Morgan fingerprint density at radius 3 is 2.39 bits per heavy atom. The van der Waals surface area contributed by atoms with E-state index in [4.69, 9.17) is 0 Å². The standard InChI is InChI=1S/C22H17BrFNO2S/c23-18-10-8-16(9-11-18)15-28(26,27)22-14-25(21-7-2-1-6-20(21)22)13-17-4-3-5-19(24)12-17/h1-12,14H,13,15H2. The van der Waals surface area contributed by atoms with Crippen molar-refractivity contribution in [1.82, 2.24) is 4.57 Å². The summed E-state index contributed by atoms with van der Waals surface area (Å²) >= 11 is 3.36. The Kier molecular flexibility index (Phi) is 5.08. The first-order chi connectivity index (χ1) is 13.4. The van der Waals surface area contributed by atoms with Crippen LogP contribution in [-0.4, -0.2) is 13.0 Å². The fourth-order valence-corrected chi connectivity index (χ4v) is 5.15. The van der Waals surface area contributed by atoms with E-state index in [1.165, 1.54) is 12.1 Å². The smallest absolute Gasteiger partial charge is 0.184 e.